The van der Waals surface area contributed by atoms with E-state index in [1.165, 1.54) is 25.7 Å². The van der Waals surface area contributed by atoms with Crippen LogP contribution in [0.4, 0.5) is 0 Å². The van der Waals surface area contributed by atoms with Gasteiger partial charge in [-0.05, 0) is 32.7 Å². The van der Waals surface area contributed by atoms with Gasteiger partial charge in [0.25, 0.3) is 0 Å². The van der Waals surface area contributed by atoms with Crippen LogP contribution in [0.25, 0.3) is 0 Å². The van der Waals surface area contributed by atoms with Gasteiger partial charge in [-0.1, -0.05) is 26.7 Å². The van der Waals surface area contributed by atoms with Gasteiger partial charge in [0.05, 0.1) is 12.7 Å². The van der Waals surface area contributed by atoms with Gasteiger partial charge in [-0.15, -0.1) is 0 Å². The van der Waals surface area contributed by atoms with Crippen LogP contribution in [0.1, 0.15) is 46.5 Å². The van der Waals surface area contributed by atoms with Gasteiger partial charge < -0.3 is 10.1 Å². The van der Waals surface area contributed by atoms with Crippen molar-refractivity contribution in [2.24, 2.45) is 11.8 Å². The lowest BCUT2D eigenvalue weighted by Gasteiger charge is -2.26. The monoisotopic (exact) mass is 213 g/mol. The van der Waals surface area contributed by atoms with E-state index < -0.39 is 0 Å². The summed E-state index contributed by atoms with van der Waals surface area (Å²) in [7, 11) is 2.09. The van der Waals surface area contributed by atoms with Gasteiger partial charge in [-0.2, -0.15) is 0 Å². The number of hydrogen-bond acceptors (Lipinski definition) is 2. The molecule has 90 valence electrons. The third-order valence-electron chi connectivity index (χ3n) is 3.91. The van der Waals surface area contributed by atoms with Crippen LogP contribution in [0.5, 0.6) is 0 Å². The van der Waals surface area contributed by atoms with E-state index in [0.717, 1.165) is 18.4 Å². The fourth-order valence-electron chi connectivity index (χ4n) is 2.66. The van der Waals surface area contributed by atoms with Crippen molar-refractivity contribution in [3.63, 3.8) is 0 Å². The van der Waals surface area contributed by atoms with Crippen molar-refractivity contribution < 1.29 is 4.74 Å². The van der Waals surface area contributed by atoms with Crippen molar-refractivity contribution in [3.8, 4) is 0 Å². The van der Waals surface area contributed by atoms with Crippen LogP contribution in [0.2, 0.25) is 0 Å². The van der Waals surface area contributed by atoms with Gasteiger partial charge in [0.2, 0.25) is 0 Å². The van der Waals surface area contributed by atoms with Gasteiger partial charge in [-0.3, -0.25) is 0 Å². The first-order valence-electron chi connectivity index (χ1n) is 6.50. The molecule has 0 spiro atoms. The molecule has 0 saturated carbocycles. The highest BCUT2D eigenvalue weighted by molar-refractivity contribution is 4.82. The van der Waals surface area contributed by atoms with Gasteiger partial charge in [0.1, 0.15) is 0 Å². The van der Waals surface area contributed by atoms with E-state index in [-0.39, 0.29) is 0 Å². The quantitative estimate of drug-likeness (QED) is 0.732. The van der Waals surface area contributed by atoms with E-state index in [2.05, 4.69) is 33.1 Å². The van der Waals surface area contributed by atoms with Crippen molar-refractivity contribution in [2.45, 2.75) is 58.6 Å². The summed E-state index contributed by atoms with van der Waals surface area (Å²) >= 11 is 0. The Hall–Kier alpha value is -0.0800. The zero-order chi connectivity index (χ0) is 11.3. The number of hydrogen-bond donors (Lipinski definition) is 1. The number of ether oxygens (including phenoxy) is 1. The van der Waals surface area contributed by atoms with Crippen molar-refractivity contribution in [1.82, 2.24) is 5.32 Å². The smallest absolute Gasteiger partial charge is 0.0551 e. The van der Waals surface area contributed by atoms with Crippen LogP contribution in [0, 0.1) is 11.8 Å². The van der Waals surface area contributed by atoms with E-state index in [1.54, 1.807) is 0 Å². The molecule has 1 rings (SSSR count). The summed E-state index contributed by atoms with van der Waals surface area (Å²) in [5.74, 6) is 1.60. The van der Waals surface area contributed by atoms with E-state index in [1.807, 2.05) is 0 Å². The second-order valence-electron chi connectivity index (χ2n) is 4.95. The lowest BCUT2D eigenvalue weighted by molar-refractivity contribution is 0.115. The average Bonchev–Trinajstić information content (AvgIpc) is 2.67. The van der Waals surface area contributed by atoms with Crippen LogP contribution < -0.4 is 5.32 Å². The highest BCUT2D eigenvalue weighted by Gasteiger charge is 2.29. The molecule has 0 radical (unpaired) electrons. The first kappa shape index (κ1) is 13.0. The average molecular weight is 213 g/mol. The lowest BCUT2D eigenvalue weighted by atomic mass is 9.87. The van der Waals surface area contributed by atoms with E-state index in [9.17, 15) is 0 Å². The van der Waals surface area contributed by atoms with Crippen LogP contribution >= 0.6 is 0 Å². The molecule has 0 aromatic heterocycles. The molecule has 0 aromatic carbocycles. The van der Waals surface area contributed by atoms with Gasteiger partial charge in [0, 0.05) is 12.0 Å². The summed E-state index contributed by atoms with van der Waals surface area (Å²) in [5.41, 5.74) is 0. The van der Waals surface area contributed by atoms with Crippen LogP contribution in [-0.2, 0) is 4.74 Å². The summed E-state index contributed by atoms with van der Waals surface area (Å²) in [4.78, 5) is 0. The van der Waals surface area contributed by atoms with Crippen molar-refractivity contribution in [3.05, 3.63) is 0 Å². The van der Waals surface area contributed by atoms with Gasteiger partial charge in [-0.25, -0.2) is 0 Å². The molecule has 0 amide bonds. The van der Waals surface area contributed by atoms with Gasteiger partial charge in [0.15, 0.2) is 0 Å². The predicted octanol–water partition coefficient (Wildman–Crippen LogP) is 2.83. The minimum absolute atomic E-state index is 0.465. The second kappa shape index (κ2) is 6.49. The Kier molecular flexibility index (Phi) is 5.62. The Morgan fingerprint density at radius 2 is 2.00 bits per heavy atom. The number of nitrogens with one attached hydrogen (secondary N) is 1. The summed E-state index contributed by atoms with van der Waals surface area (Å²) < 4.78 is 5.66. The van der Waals surface area contributed by atoms with Crippen LogP contribution in [0.3, 0.4) is 0 Å². The maximum atomic E-state index is 5.66. The Morgan fingerprint density at radius 1 is 1.33 bits per heavy atom. The molecule has 3 unspecified atom stereocenters. The van der Waals surface area contributed by atoms with Crippen molar-refractivity contribution in [1.29, 1.82) is 0 Å². The Morgan fingerprint density at radius 3 is 2.40 bits per heavy atom. The first-order chi connectivity index (χ1) is 7.21. The largest absolute Gasteiger partial charge is 0.378 e. The van der Waals surface area contributed by atoms with Gasteiger partial charge >= 0.3 is 0 Å². The Balaban J connectivity index is 2.41. The molecule has 0 aliphatic carbocycles. The predicted molar refractivity (Wildman–Crippen MR) is 65.1 cm³/mol. The zero-order valence-corrected chi connectivity index (χ0v) is 10.8. The minimum Gasteiger partial charge on any atom is -0.378 e. The maximum absolute atomic E-state index is 5.66. The molecule has 1 aliphatic heterocycles. The molecule has 0 aromatic rings. The van der Waals surface area contributed by atoms with Crippen molar-refractivity contribution in [2.75, 3.05) is 13.7 Å². The lowest BCUT2D eigenvalue weighted by Crippen LogP contribution is -2.35. The van der Waals surface area contributed by atoms with Crippen molar-refractivity contribution >= 4 is 0 Å². The van der Waals surface area contributed by atoms with E-state index in [0.29, 0.717) is 12.1 Å². The Bertz CT molecular complexity index is 168. The highest BCUT2D eigenvalue weighted by atomic mass is 16.5. The molecule has 0 bridgehead atoms. The second-order valence-corrected chi connectivity index (χ2v) is 4.95. The molecule has 1 fully saturated rings. The molecule has 1 N–H and O–H groups in total. The molecular weight excluding hydrogens is 186 g/mol. The minimum atomic E-state index is 0.465. The molecule has 1 aliphatic rings. The molecule has 1 saturated heterocycles. The first-order valence-corrected chi connectivity index (χ1v) is 6.50. The summed E-state index contributed by atoms with van der Waals surface area (Å²) in [5, 5.41) is 3.48. The molecule has 1 heterocycles. The molecule has 3 atom stereocenters. The highest BCUT2D eigenvalue weighted by Crippen LogP contribution is 2.27. The SMILES string of the molecule is CCC(CC)CC(NC)C1COC(C)C1. The summed E-state index contributed by atoms with van der Waals surface area (Å²) in [6.07, 6.45) is 5.61. The fraction of sp³-hybridized carbons (Fsp3) is 1.00. The standard InChI is InChI=1S/C13H27NO/c1-5-11(6-2)8-13(14-4)12-7-10(3)15-9-12/h10-14H,5-9H2,1-4H3. The molecule has 15 heavy (non-hydrogen) atoms. The third kappa shape index (κ3) is 3.76. The Labute approximate surface area is 94.8 Å². The van der Waals surface area contributed by atoms with Crippen LogP contribution in [-0.4, -0.2) is 25.8 Å². The summed E-state index contributed by atoms with van der Waals surface area (Å²) in [6.45, 7) is 7.74. The molecular formula is C13H27NO. The third-order valence-corrected chi connectivity index (χ3v) is 3.91. The summed E-state index contributed by atoms with van der Waals surface area (Å²) in [6, 6.07) is 0.653. The normalized spacial score (nSPS) is 28.6. The van der Waals surface area contributed by atoms with Crippen LogP contribution in [0.15, 0.2) is 0 Å². The molecule has 2 heteroatoms. The topological polar surface area (TPSA) is 21.3 Å². The van der Waals surface area contributed by atoms with E-state index >= 15 is 0 Å². The van der Waals surface area contributed by atoms with E-state index in [4.69, 9.17) is 4.74 Å². The fourth-order valence-corrected chi connectivity index (χ4v) is 2.66. The molecule has 2 nitrogen and oxygen atoms in total. The maximum Gasteiger partial charge on any atom is 0.0551 e. The zero-order valence-electron chi connectivity index (χ0n) is 10.8. The number of rotatable bonds is 6.